The lowest BCUT2D eigenvalue weighted by atomic mass is 10.2. The van der Waals surface area contributed by atoms with Crippen LogP contribution in [0.5, 0.6) is 5.75 Å². The summed E-state index contributed by atoms with van der Waals surface area (Å²) < 4.78 is 7.03. The second-order valence-electron chi connectivity index (χ2n) is 5.47. The fourth-order valence-corrected chi connectivity index (χ4v) is 2.55. The van der Waals surface area contributed by atoms with Crippen LogP contribution in [-0.4, -0.2) is 12.2 Å². The van der Waals surface area contributed by atoms with Crippen molar-refractivity contribution in [1.82, 2.24) is 4.58 Å². The molecule has 0 aliphatic rings. The molecule has 0 fully saturated rings. The van der Waals surface area contributed by atoms with Crippen LogP contribution in [-0.2, 0) is 0 Å². The summed E-state index contributed by atoms with van der Waals surface area (Å²) in [6.45, 7) is 0. The topological polar surface area (TPSA) is 32.5 Å². The van der Waals surface area contributed by atoms with Gasteiger partial charge in [0.15, 0.2) is 0 Å². The summed E-state index contributed by atoms with van der Waals surface area (Å²) in [7, 11) is 1.64. The molecule has 0 unspecified atom stereocenters. The van der Waals surface area contributed by atoms with Gasteiger partial charge in [-0.3, -0.25) is 0 Å². The van der Waals surface area contributed by atoms with E-state index in [0.717, 1.165) is 22.4 Å². The van der Waals surface area contributed by atoms with Gasteiger partial charge >= 0.3 is 5.88 Å². The first-order chi connectivity index (χ1) is 12.3. The number of benzene rings is 2. The minimum atomic E-state index is 0.141. The van der Waals surface area contributed by atoms with Gasteiger partial charge in [0.25, 0.3) is 0 Å². The molecule has 3 aromatic carbocycles. The molecule has 3 rings (SSSR count). The van der Waals surface area contributed by atoms with Crippen molar-refractivity contribution >= 4 is 11.8 Å². The normalized spacial score (nSPS) is 11.0. The molecule has 0 spiro atoms. The Labute approximate surface area is 147 Å². The van der Waals surface area contributed by atoms with Crippen molar-refractivity contribution in [2.24, 2.45) is 0 Å². The smallest absolute Gasteiger partial charge is 0.372 e. The molecule has 25 heavy (non-hydrogen) atoms. The molecule has 0 heterocycles. The van der Waals surface area contributed by atoms with E-state index in [1.165, 1.54) is 0 Å². The predicted molar refractivity (Wildman–Crippen MR) is 101 cm³/mol. The number of methoxy groups -OCH3 is 1. The van der Waals surface area contributed by atoms with E-state index >= 15 is 0 Å². The van der Waals surface area contributed by atoms with Crippen molar-refractivity contribution in [2.45, 2.75) is 0 Å². The van der Waals surface area contributed by atoms with Gasteiger partial charge in [-0.15, -0.1) is 4.58 Å². The molecule has 3 aromatic rings. The quantitative estimate of drug-likeness (QED) is 0.569. The summed E-state index contributed by atoms with van der Waals surface area (Å²) in [4.78, 5) is 0. The van der Waals surface area contributed by atoms with E-state index < -0.39 is 0 Å². The van der Waals surface area contributed by atoms with Gasteiger partial charge in [-0.25, -0.2) is 0 Å². The summed E-state index contributed by atoms with van der Waals surface area (Å²) in [5, 5.41) is 11.7. The first-order valence-corrected chi connectivity index (χ1v) is 8.06. The Morgan fingerprint density at radius 3 is 1.96 bits per heavy atom. The number of nitrogens with zero attached hydrogens (tertiary/aromatic N) is 1. The standard InChI is InChI=1S/C22H19NO2/c1-25-21-15-13-20(14-16-21)23(19-11-7-2-3-8-12-19)22(24)17-18-9-5-4-6-10-18/h2-17H,1H3/p+1/b22-17-. The number of ether oxygens (including phenoxy) is 1. The zero-order valence-electron chi connectivity index (χ0n) is 14.0. The minimum Gasteiger partial charge on any atom is -0.497 e. The summed E-state index contributed by atoms with van der Waals surface area (Å²) in [6, 6.07) is 29.0. The van der Waals surface area contributed by atoms with Gasteiger partial charge in [-0.05, 0) is 17.7 Å². The maximum Gasteiger partial charge on any atom is 0.372 e. The summed E-state index contributed by atoms with van der Waals surface area (Å²) in [6.07, 6.45) is 1.75. The van der Waals surface area contributed by atoms with Crippen LogP contribution in [0.1, 0.15) is 5.56 Å². The van der Waals surface area contributed by atoms with Gasteiger partial charge in [0.05, 0.1) is 13.2 Å². The van der Waals surface area contributed by atoms with E-state index in [9.17, 15) is 5.11 Å². The number of aliphatic hydroxyl groups is 1. The van der Waals surface area contributed by atoms with E-state index in [4.69, 9.17) is 4.74 Å². The molecule has 0 saturated carbocycles. The summed E-state index contributed by atoms with van der Waals surface area (Å²) in [5.41, 5.74) is 1.77. The Morgan fingerprint density at radius 2 is 1.36 bits per heavy atom. The van der Waals surface area contributed by atoms with Gasteiger partial charge < -0.3 is 9.84 Å². The van der Waals surface area contributed by atoms with Crippen LogP contribution in [0.25, 0.3) is 6.08 Å². The van der Waals surface area contributed by atoms with Gasteiger partial charge in [-0.2, -0.15) is 0 Å². The maximum absolute atomic E-state index is 10.8. The molecule has 0 atom stereocenters. The van der Waals surface area contributed by atoms with Gasteiger partial charge in [0.1, 0.15) is 5.75 Å². The van der Waals surface area contributed by atoms with E-state index in [0.29, 0.717) is 0 Å². The zero-order chi connectivity index (χ0) is 17.5. The molecule has 0 aliphatic heterocycles. The highest BCUT2D eigenvalue weighted by Crippen LogP contribution is 2.19. The predicted octanol–water partition coefficient (Wildman–Crippen LogP) is 4.36. The highest BCUT2D eigenvalue weighted by Gasteiger charge is 2.16. The van der Waals surface area contributed by atoms with Crippen LogP contribution in [0.2, 0.25) is 0 Å². The molecule has 0 aromatic heterocycles. The molecule has 0 saturated heterocycles. The van der Waals surface area contributed by atoms with Crippen molar-refractivity contribution in [1.29, 1.82) is 0 Å². The Bertz CT molecular complexity index is 908. The molecular formula is C22H20NO2+. The average Bonchev–Trinajstić information content (AvgIpc) is 2.93. The lowest BCUT2D eigenvalue weighted by Crippen LogP contribution is -2.23. The molecule has 3 heteroatoms. The SMILES string of the molecule is COc1ccc([N+](/C(O)=C/c2ccccc2)=c2cccccc2)cc1. The van der Waals surface area contributed by atoms with Crippen LogP contribution < -0.4 is 14.7 Å². The van der Waals surface area contributed by atoms with Gasteiger partial charge in [0, 0.05) is 24.3 Å². The third-order valence-corrected chi connectivity index (χ3v) is 3.78. The molecule has 0 aliphatic carbocycles. The second-order valence-corrected chi connectivity index (χ2v) is 5.47. The molecule has 0 radical (unpaired) electrons. The fourth-order valence-electron chi connectivity index (χ4n) is 2.55. The molecule has 3 nitrogen and oxygen atoms in total. The number of hydrogen-bond acceptors (Lipinski definition) is 2. The lowest BCUT2D eigenvalue weighted by molar-refractivity contribution is 0.368. The molecule has 124 valence electrons. The number of rotatable bonds is 4. The van der Waals surface area contributed by atoms with E-state index in [1.807, 2.05) is 91.0 Å². The van der Waals surface area contributed by atoms with Gasteiger partial charge in [0.2, 0.25) is 11.0 Å². The van der Waals surface area contributed by atoms with Crippen molar-refractivity contribution < 1.29 is 9.84 Å². The summed E-state index contributed by atoms with van der Waals surface area (Å²) >= 11 is 0. The van der Waals surface area contributed by atoms with Crippen LogP contribution in [0.15, 0.2) is 96.9 Å². The molecule has 0 bridgehead atoms. The average molecular weight is 330 g/mol. The number of aliphatic hydroxyl groups excluding tert-OH is 1. The van der Waals surface area contributed by atoms with Crippen LogP contribution in [0.3, 0.4) is 0 Å². The van der Waals surface area contributed by atoms with Crippen molar-refractivity contribution in [2.75, 3.05) is 7.11 Å². The van der Waals surface area contributed by atoms with E-state index in [-0.39, 0.29) is 5.88 Å². The number of hydrogen-bond donors (Lipinski definition) is 1. The van der Waals surface area contributed by atoms with E-state index in [2.05, 4.69) is 0 Å². The van der Waals surface area contributed by atoms with Crippen LogP contribution >= 0.6 is 0 Å². The Morgan fingerprint density at radius 1 is 0.800 bits per heavy atom. The van der Waals surface area contributed by atoms with Gasteiger partial charge in [-0.1, -0.05) is 54.6 Å². The second kappa shape index (κ2) is 7.97. The van der Waals surface area contributed by atoms with Crippen molar-refractivity contribution in [3.8, 4) is 5.75 Å². The highest BCUT2D eigenvalue weighted by atomic mass is 16.5. The third kappa shape index (κ3) is 4.15. The molecule has 0 amide bonds. The van der Waals surface area contributed by atoms with Crippen molar-refractivity contribution in [3.63, 3.8) is 0 Å². The Balaban J connectivity index is 2.20. The largest absolute Gasteiger partial charge is 0.497 e. The van der Waals surface area contributed by atoms with Crippen LogP contribution in [0.4, 0.5) is 5.69 Å². The highest BCUT2D eigenvalue weighted by molar-refractivity contribution is 5.54. The zero-order valence-corrected chi connectivity index (χ0v) is 14.0. The molecule has 1 N–H and O–H groups in total. The monoisotopic (exact) mass is 330 g/mol. The maximum atomic E-state index is 10.8. The summed E-state index contributed by atoms with van der Waals surface area (Å²) in [5.74, 6) is 0.913. The Kier molecular flexibility index (Phi) is 5.27. The minimum absolute atomic E-state index is 0.141. The third-order valence-electron chi connectivity index (χ3n) is 3.78. The van der Waals surface area contributed by atoms with Crippen LogP contribution in [0, 0.1) is 0 Å². The van der Waals surface area contributed by atoms with Crippen molar-refractivity contribution in [3.05, 3.63) is 108 Å². The molecular weight excluding hydrogens is 310 g/mol. The lowest BCUT2D eigenvalue weighted by Gasteiger charge is -2.03. The first kappa shape index (κ1) is 16.5. The first-order valence-electron chi connectivity index (χ1n) is 8.06. The fraction of sp³-hybridized carbons (Fsp3) is 0.0455. The van der Waals surface area contributed by atoms with E-state index in [1.54, 1.807) is 17.8 Å². The Hall–Kier alpha value is -3.33.